The third kappa shape index (κ3) is 3.93. The Morgan fingerprint density at radius 1 is 1.29 bits per heavy atom. The van der Waals surface area contributed by atoms with Crippen molar-refractivity contribution >= 4 is 34.4 Å². The average Bonchev–Trinajstić information content (AvgIpc) is 3.08. The Hall–Kier alpha value is -2.33. The van der Waals surface area contributed by atoms with Crippen molar-refractivity contribution in [3.05, 3.63) is 29.8 Å². The summed E-state index contributed by atoms with van der Waals surface area (Å²) in [6, 6.07) is 10.1. The van der Waals surface area contributed by atoms with Gasteiger partial charge < -0.3 is 4.90 Å². The Balaban J connectivity index is 1.73. The highest BCUT2D eigenvalue weighted by Gasteiger charge is 2.41. The van der Waals surface area contributed by atoms with Crippen LogP contribution in [0.25, 0.3) is 0 Å². The van der Waals surface area contributed by atoms with Crippen molar-refractivity contribution in [2.75, 3.05) is 18.5 Å². The number of nitriles is 1. The number of amidine groups is 1. The number of hydrogen-bond acceptors (Lipinski definition) is 5. The van der Waals surface area contributed by atoms with Crippen LogP contribution in [-0.4, -0.2) is 46.3 Å². The minimum absolute atomic E-state index is 0.0924. The molecule has 2 aliphatic rings. The first-order valence-corrected chi connectivity index (χ1v) is 10.6. The largest absolute Gasteiger partial charge is 0.326 e. The number of carbonyl (C=O) groups is 2. The maximum Gasteiger partial charge on any atom is 0.254 e. The van der Waals surface area contributed by atoms with E-state index in [0.29, 0.717) is 5.17 Å². The van der Waals surface area contributed by atoms with E-state index >= 15 is 0 Å². The van der Waals surface area contributed by atoms with Crippen molar-refractivity contribution < 1.29 is 9.59 Å². The van der Waals surface area contributed by atoms with Gasteiger partial charge >= 0.3 is 0 Å². The second-order valence-electron chi connectivity index (χ2n) is 7.52. The molecule has 0 bridgehead atoms. The molecule has 1 aliphatic carbocycles. The zero-order valence-corrected chi connectivity index (χ0v) is 17.5. The molecule has 1 heterocycles. The van der Waals surface area contributed by atoms with Gasteiger partial charge in [0.2, 0.25) is 5.91 Å². The fraction of sp³-hybridized carbons (Fsp3) is 0.524. The van der Waals surface area contributed by atoms with Gasteiger partial charge in [0.05, 0.1) is 17.0 Å². The second kappa shape index (κ2) is 8.36. The fourth-order valence-corrected chi connectivity index (χ4v) is 4.80. The number of carbonyl (C=O) groups excluding carboxylic acids is 2. The number of nitrogens with zero attached hydrogens (tertiary/aromatic N) is 4. The number of aryl methyl sites for hydroxylation is 1. The molecule has 1 saturated carbocycles. The van der Waals surface area contributed by atoms with Crippen LogP contribution in [-0.2, 0) is 9.59 Å². The normalized spacial score (nSPS) is 19.7. The smallest absolute Gasteiger partial charge is 0.254 e. The van der Waals surface area contributed by atoms with Crippen LogP contribution in [0.15, 0.2) is 29.3 Å². The van der Waals surface area contributed by atoms with Crippen LogP contribution in [0.5, 0.6) is 0 Å². The number of rotatable bonds is 4. The highest BCUT2D eigenvalue weighted by molar-refractivity contribution is 8.15. The lowest BCUT2D eigenvalue weighted by Gasteiger charge is -2.40. The predicted molar refractivity (Wildman–Crippen MR) is 112 cm³/mol. The van der Waals surface area contributed by atoms with Gasteiger partial charge in [0.1, 0.15) is 12.1 Å². The van der Waals surface area contributed by atoms with E-state index in [1.54, 1.807) is 16.8 Å². The molecule has 1 aromatic carbocycles. The third-order valence-corrected chi connectivity index (χ3v) is 6.65. The summed E-state index contributed by atoms with van der Waals surface area (Å²) in [5, 5.41) is 9.85. The number of amides is 2. The summed E-state index contributed by atoms with van der Waals surface area (Å²) in [5.41, 5.74) is 1.16. The molecule has 2 amide bonds. The number of hydrogen-bond donors (Lipinski definition) is 0. The third-order valence-electron chi connectivity index (χ3n) is 5.57. The number of aliphatic imine (C=N–C) groups is 1. The number of anilines is 1. The molecule has 0 unspecified atom stereocenters. The molecule has 148 valence electrons. The minimum Gasteiger partial charge on any atom is -0.326 e. The van der Waals surface area contributed by atoms with Crippen LogP contribution >= 0.6 is 11.8 Å². The maximum absolute atomic E-state index is 13.1. The van der Waals surface area contributed by atoms with Crippen LogP contribution < -0.4 is 4.90 Å². The van der Waals surface area contributed by atoms with Gasteiger partial charge in [-0.15, -0.1) is 0 Å². The average molecular weight is 399 g/mol. The molecule has 1 fully saturated rings. The van der Waals surface area contributed by atoms with E-state index in [0.717, 1.165) is 43.4 Å². The minimum atomic E-state index is -0.714. The van der Waals surface area contributed by atoms with Crippen molar-refractivity contribution in [2.45, 2.75) is 56.7 Å². The van der Waals surface area contributed by atoms with E-state index < -0.39 is 10.8 Å². The molecule has 6 nitrogen and oxygen atoms in total. The topological polar surface area (TPSA) is 76.8 Å². The predicted octanol–water partition coefficient (Wildman–Crippen LogP) is 3.50. The van der Waals surface area contributed by atoms with Gasteiger partial charge in [-0.25, -0.2) is 0 Å². The van der Waals surface area contributed by atoms with Crippen LogP contribution in [0.2, 0.25) is 0 Å². The van der Waals surface area contributed by atoms with E-state index in [1.807, 2.05) is 38.1 Å². The van der Waals surface area contributed by atoms with Crippen molar-refractivity contribution in [1.29, 1.82) is 5.26 Å². The highest BCUT2D eigenvalue weighted by Crippen LogP contribution is 2.34. The molecule has 0 aromatic heterocycles. The summed E-state index contributed by atoms with van der Waals surface area (Å²) in [5.74, 6) is -0.195. The van der Waals surface area contributed by atoms with Crippen molar-refractivity contribution in [2.24, 2.45) is 4.99 Å². The lowest BCUT2D eigenvalue weighted by atomic mass is 9.81. The Kier molecular flexibility index (Phi) is 6.09. The Morgan fingerprint density at radius 2 is 1.93 bits per heavy atom. The zero-order valence-electron chi connectivity index (χ0n) is 16.6. The molecule has 3 rings (SSSR count). The van der Waals surface area contributed by atoms with Crippen molar-refractivity contribution in [3.8, 4) is 6.07 Å². The summed E-state index contributed by atoms with van der Waals surface area (Å²) >= 11 is 1.28. The van der Waals surface area contributed by atoms with Gasteiger partial charge in [-0.3, -0.25) is 19.5 Å². The van der Waals surface area contributed by atoms with Crippen LogP contribution in [0.3, 0.4) is 0 Å². The van der Waals surface area contributed by atoms with E-state index in [-0.39, 0.29) is 18.4 Å². The van der Waals surface area contributed by atoms with E-state index in [1.165, 1.54) is 11.8 Å². The first kappa shape index (κ1) is 20.4. The maximum atomic E-state index is 13.1. The van der Waals surface area contributed by atoms with Crippen molar-refractivity contribution in [1.82, 2.24) is 4.90 Å². The Labute approximate surface area is 170 Å². The van der Waals surface area contributed by atoms with Crippen LogP contribution in [0, 0.1) is 18.3 Å². The lowest BCUT2D eigenvalue weighted by Crippen LogP contribution is -2.52. The summed E-state index contributed by atoms with van der Waals surface area (Å²) in [6.07, 6.45) is 4.49. The number of benzene rings is 1. The second-order valence-corrected chi connectivity index (χ2v) is 8.83. The molecular formula is C21H26N4O2S. The first-order valence-electron chi connectivity index (χ1n) is 9.67. The van der Waals surface area contributed by atoms with Crippen LogP contribution in [0.1, 0.15) is 44.6 Å². The molecule has 0 spiro atoms. The molecule has 0 radical (unpaired) electrons. The molecule has 28 heavy (non-hydrogen) atoms. The van der Waals surface area contributed by atoms with Gasteiger partial charge in [0.25, 0.3) is 5.91 Å². The van der Waals surface area contributed by atoms with E-state index in [2.05, 4.69) is 11.1 Å². The summed E-state index contributed by atoms with van der Waals surface area (Å²) in [7, 11) is 1.73. The summed E-state index contributed by atoms with van der Waals surface area (Å²) in [4.78, 5) is 33.0. The van der Waals surface area contributed by atoms with Crippen molar-refractivity contribution in [3.63, 3.8) is 0 Å². The molecule has 0 N–H and O–H groups in total. The first-order chi connectivity index (χ1) is 13.4. The Morgan fingerprint density at radius 3 is 2.54 bits per heavy atom. The molecule has 7 heteroatoms. The Bertz CT molecular complexity index is 822. The van der Waals surface area contributed by atoms with Gasteiger partial charge in [0.15, 0.2) is 5.17 Å². The number of thioether (sulfide) groups is 1. The fourth-order valence-electron chi connectivity index (χ4n) is 3.77. The monoisotopic (exact) mass is 398 g/mol. The quantitative estimate of drug-likeness (QED) is 0.778. The molecule has 1 atom stereocenters. The zero-order chi connectivity index (χ0) is 20.3. The molecule has 1 aromatic rings. The standard InChI is InChI=1S/C21H26N4O2S/c1-15-7-9-17(10-8-15)25-18(26)13-23-20(25)28-16(2)19(27)24(3)21(14-22)11-5-4-6-12-21/h7-10,16H,4-6,11-13H2,1-3H3/t16-/m0/s1. The molecular weight excluding hydrogens is 372 g/mol. The van der Waals surface area contributed by atoms with Gasteiger partial charge in [-0.1, -0.05) is 48.7 Å². The SMILES string of the molecule is Cc1ccc(N2C(=O)CN=C2S[C@@H](C)C(=O)N(C)C2(C#N)CCCCC2)cc1. The van der Waals surface area contributed by atoms with E-state index in [4.69, 9.17) is 0 Å². The van der Waals surface area contributed by atoms with Crippen LogP contribution in [0.4, 0.5) is 5.69 Å². The molecule has 0 saturated heterocycles. The van der Waals surface area contributed by atoms with E-state index in [9.17, 15) is 14.9 Å². The summed E-state index contributed by atoms with van der Waals surface area (Å²) in [6.45, 7) is 3.90. The molecule has 1 aliphatic heterocycles. The summed E-state index contributed by atoms with van der Waals surface area (Å²) < 4.78 is 0. The highest BCUT2D eigenvalue weighted by atomic mass is 32.2. The lowest BCUT2D eigenvalue weighted by molar-refractivity contribution is -0.133. The van der Waals surface area contributed by atoms with Gasteiger partial charge in [0, 0.05) is 7.05 Å². The van der Waals surface area contributed by atoms with Gasteiger partial charge in [-0.2, -0.15) is 5.26 Å². The van der Waals surface area contributed by atoms with Gasteiger partial charge in [-0.05, 0) is 38.8 Å².